The Bertz CT molecular complexity index is 612. The Morgan fingerprint density at radius 3 is 2.75 bits per heavy atom. The fraction of sp³-hybridized carbons (Fsp3) is 0.474. The highest BCUT2D eigenvalue weighted by Crippen LogP contribution is 2.37. The molecule has 0 heterocycles. The highest BCUT2D eigenvalue weighted by molar-refractivity contribution is 7.80. The smallest absolute Gasteiger partial charge is 0.184 e. The minimum Gasteiger partial charge on any atom is -0.376 e. The lowest BCUT2D eigenvalue weighted by molar-refractivity contribution is 0.0674. The van der Waals surface area contributed by atoms with Crippen LogP contribution in [0.15, 0.2) is 46.6 Å². The Balaban J connectivity index is 2.00. The van der Waals surface area contributed by atoms with Crippen LogP contribution in [0.3, 0.4) is 0 Å². The number of hydrazone groups is 1. The van der Waals surface area contributed by atoms with Crippen LogP contribution in [-0.2, 0) is 11.3 Å². The monoisotopic (exact) mass is 345 g/mol. The lowest BCUT2D eigenvalue weighted by Crippen LogP contribution is -2.33. The predicted octanol–water partition coefficient (Wildman–Crippen LogP) is 3.63. The van der Waals surface area contributed by atoms with Crippen LogP contribution in [0.1, 0.15) is 32.8 Å². The van der Waals surface area contributed by atoms with Crippen molar-refractivity contribution < 1.29 is 4.74 Å². The maximum atomic E-state index is 5.99. The van der Waals surface area contributed by atoms with Crippen LogP contribution in [0, 0.1) is 17.8 Å². The predicted molar refractivity (Wildman–Crippen MR) is 104 cm³/mol. The zero-order valence-corrected chi connectivity index (χ0v) is 15.5. The normalized spacial score (nSPS) is 24.4. The van der Waals surface area contributed by atoms with Gasteiger partial charge in [0, 0.05) is 12.1 Å². The third kappa shape index (κ3) is 5.14. The van der Waals surface area contributed by atoms with E-state index in [0.717, 1.165) is 6.42 Å². The Labute approximate surface area is 150 Å². The summed E-state index contributed by atoms with van der Waals surface area (Å²) < 4.78 is 5.99. The molecule has 0 spiro atoms. The average molecular weight is 346 g/mol. The molecule has 0 bridgehead atoms. The van der Waals surface area contributed by atoms with Crippen molar-refractivity contribution in [2.75, 3.05) is 6.61 Å². The number of hydrogen-bond donors (Lipinski definition) is 2. The van der Waals surface area contributed by atoms with Gasteiger partial charge in [0.25, 0.3) is 0 Å². The highest BCUT2D eigenvalue weighted by Gasteiger charge is 2.32. The van der Waals surface area contributed by atoms with E-state index in [1.54, 1.807) is 0 Å². The van der Waals surface area contributed by atoms with Crippen LogP contribution in [-0.4, -0.2) is 17.9 Å². The molecule has 0 amide bonds. The van der Waals surface area contributed by atoms with E-state index in [4.69, 9.17) is 22.7 Å². The molecular weight excluding hydrogens is 318 g/mol. The van der Waals surface area contributed by atoms with Gasteiger partial charge in [0.15, 0.2) is 5.11 Å². The van der Waals surface area contributed by atoms with E-state index in [-0.39, 0.29) is 5.11 Å². The Kier molecular flexibility index (Phi) is 6.94. The molecular formula is C19H27N3OS. The van der Waals surface area contributed by atoms with Gasteiger partial charge in [-0.25, -0.2) is 0 Å². The molecule has 1 aromatic rings. The number of nitrogens with one attached hydrogen (secondary N) is 1. The van der Waals surface area contributed by atoms with Gasteiger partial charge in [-0.3, -0.25) is 5.43 Å². The molecule has 130 valence electrons. The molecule has 3 atom stereocenters. The van der Waals surface area contributed by atoms with Gasteiger partial charge in [-0.1, -0.05) is 48.4 Å². The summed E-state index contributed by atoms with van der Waals surface area (Å²) in [6.45, 7) is 8.04. The van der Waals surface area contributed by atoms with Crippen molar-refractivity contribution >= 4 is 23.5 Å². The van der Waals surface area contributed by atoms with Crippen molar-refractivity contribution in [1.29, 1.82) is 0 Å². The SMILES string of the molecule is CC1=C(C)C(C)C(/C=N/NC(N)=S)C(COCc2ccccc2)C1. The van der Waals surface area contributed by atoms with Crippen LogP contribution < -0.4 is 11.2 Å². The van der Waals surface area contributed by atoms with E-state index in [1.165, 1.54) is 16.7 Å². The molecule has 0 fully saturated rings. The van der Waals surface area contributed by atoms with Gasteiger partial charge in [0.2, 0.25) is 0 Å². The van der Waals surface area contributed by atoms with Gasteiger partial charge < -0.3 is 10.5 Å². The van der Waals surface area contributed by atoms with Gasteiger partial charge in [-0.15, -0.1) is 0 Å². The zero-order chi connectivity index (χ0) is 17.5. The molecule has 3 unspecified atom stereocenters. The van der Waals surface area contributed by atoms with E-state index in [9.17, 15) is 0 Å². The van der Waals surface area contributed by atoms with Gasteiger partial charge in [-0.05, 0) is 49.9 Å². The number of allylic oxidation sites excluding steroid dienone is 2. The largest absolute Gasteiger partial charge is 0.376 e. The maximum Gasteiger partial charge on any atom is 0.184 e. The van der Waals surface area contributed by atoms with E-state index in [0.29, 0.717) is 31.0 Å². The van der Waals surface area contributed by atoms with E-state index >= 15 is 0 Å². The summed E-state index contributed by atoms with van der Waals surface area (Å²) in [4.78, 5) is 0. The van der Waals surface area contributed by atoms with E-state index in [1.807, 2.05) is 24.4 Å². The first kappa shape index (κ1) is 18.6. The molecule has 0 radical (unpaired) electrons. The van der Waals surface area contributed by atoms with Crippen LogP contribution in [0.2, 0.25) is 0 Å². The summed E-state index contributed by atoms with van der Waals surface area (Å²) in [5.74, 6) is 1.15. The Hall–Kier alpha value is -1.72. The molecule has 1 aliphatic carbocycles. The van der Waals surface area contributed by atoms with Crippen molar-refractivity contribution in [1.82, 2.24) is 5.43 Å². The van der Waals surface area contributed by atoms with Crippen LogP contribution in [0.5, 0.6) is 0 Å². The molecule has 1 aliphatic rings. The standard InChI is InChI=1S/C19H27N3OS/c1-13-9-17(12-23-11-16-7-5-4-6-8-16)18(15(3)14(13)2)10-21-22-19(20)24/h4-8,10,15,17-18H,9,11-12H2,1-3H3,(H3,20,22,24)/b21-10+. The highest BCUT2D eigenvalue weighted by atomic mass is 32.1. The summed E-state index contributed by atoms with van der Waals surface area (Å²) in [6.07, 6.45) is 2.98. The molecule has 24 heavy (non-hydrogen) atoms. The summed E-state index contributed by atoms with van der Waals surface area (Å²) >= 11 is 4.81. The minimum atomic E-state index is 0.190. The molecule has 0 saturated heterocycles. The molecule has 3 N–H and O–H groups in total. The van der Waals surface area contributed by atoms with Crippen molar-refractivity contribution in [2.45, 2.75) is 33.8 Å². The second-order valence-corrected chi connectivity index (χ2v) is 6.99. The maximum absolute atomic E-state index is 5.99. The summed E-state index contributed by atoms with van der Waals surface area (Å²) in [7, 11) is 0. The fourth-order valence-corrected chi connectivity index (χ4v) is 3.34. The number of hydrogen-bond acceptors (Lipinski definition) is 3. The van der Waals surface area contributed by atoms with E-state index < -0.39 is 0 Å². The quantitative estimate of drug-likeness (QED) is 0.358. The molecule has 0 saturated carbocycles. The van der Waals surface area contributed by atoms with Crippen molar-refractivity contribution in [3.05, 3.63) is 47.0 Å². The molecule has 5 heteroatoms. The first-order chi connectivity index (χ1) is 11.5. The van der Waals surface area contributed by atoms with E-state index in [2.05, 4.69) is 43.4 Å². The topological polar surface area (TPSA) is 59.6 Å². The third-order valence-corrected chi connectivity index (χ3v) is 5.00. The number of ether oxygens (including phenoxy) is 1. The first-order valence-corrected chi connectivity index (χ1v) is 8.76. The second-order valence-electron chi connectivity index (χ2n) is 6.55. The summed E-state index contributed by atoms with van der Waals surface area (Å²) in [5, 5.41) is 4.39. The summed E-state index contributed by atoms with van der Waals surface area (Å²) in [6, 6.07) is 10.3. The number of nitrogens with zero attached hydrogens (tertiary/aromatic N) is 1. The van der Waals surface area contributed by atoms with Gasteiger partial charge in [0.1, 0.15) is 0 Å². The van der Waals surface area contributed by atoms with Gasteiger partial charge >= 0.3 is 0 Å². The van der Waals surface area contributed by atoms with Crippen molar-refractivity contribution in [3.63, 3.8) is 0 Å². The Morgan fingerprint density at radius 1 is 1.38 bits per heavy atom. The lowest BCUT2D eigenvalue weighted by atomic mass is 9.71. The molecule has 0 aromatic heterocycles. The van der Waals surface area contributed by atoms with Gasteiger partial charge in [-0.2, -0.15) is 5.10 Å². The van der Waals surface area contributed by atoms with Crippen LogP contribution in [0.4, 0.5) is 0 Å². The number of nitrogens with two attached hydrogens (primary N) is 1. The molecule has 1 aromatic carbocycles. The number of thiocarbonyl (C=S) groups is 1. The van der Waals surface area contributed by atoms with Gasteiger partial charge in [0.05, 0.1) is 13.2 Å². The fourth-order valence-electron chi connectivity index (χ4n) is 3.29. The molecule has 0 aliphatic heterocycles. The molecule has 2 rings (SSSR count). The van der Waals surface area contributed by atoms with Crippen LogP contribution in [0.25, 0.3) is 0 Å². The lowest BCUT2D eigenvalue weighted by Gasteiger charge is -2.35. The van der Waals surface area contributed by atoms with Crippen LogP contribution >= 0.6 is 12.2 Å². The Morgan fingerprint density at radius 2 is 2.08 bits per heavy atom. The minimum absolute atomic E-state index is 0.190. The summed E-state index contributed by atoms with van der Waals surface area (Å²) in [5.41, 5.74) is 12.2. The van der Waals surface area contributed by atoms with Crippen molar-refractivity contribution in [3.8, 4) is 0 Å². The molecule has 4 nitrogen and oxygen atoms in total. The number of rotatable bonds is 6. The second kappa shape index (κ2) is 8.94. The zero-order valence-electron chi connectivity index (χ0n) is 14.7. The van der Waals surface area contributed by atoms with Crippen molar-refractivity contribution in [2.24, 2.45) is 28.6 Å². The average Bonchev–Trinajstić information content (AvgIpc) is 2.56. The first-order valence-electron chi connectivity index (χ1n) is 8.35. The third-order valence-electron chi connectivity index (χ3n) is 4.91. The number of benzene rings is 1.